The highest BCUT2D eigenvalue weighted by atomic mass is 35.5. The number of nitrogens with zero attached hydrogens (tertiary/aromatic N) is 8. The molecule has 0 spiro atoms. The van der Waals surface area contributed by atoms with Gasteiger partial charge in [0.1, 0.15) is 0 Å². The molecule has 0 fully saturated rings. The van der Waals surface area contributed by atoms with E-state index in [9.17, 15) is 38.4 Å². The highest BCUT2D eigenvalue weighted by molar-refractivity contribution is 6.39. The summed E-state index contributed by atoms with van der Waals surface area (Å²) in [5, 5.41) is 17.5. The van der Waals surface area contributed by atoms with Crippen LogP contribution in [0.4, 0.5) is 23.4 Å². The molecule has 380 valence electrons. The Hall–Kier alpha value is -11.3. The lowest BCUT2D eigenvalue weighted by molar-refractivity contribution is 0.0902. The number of hydrogen-bond acceptors (Lipinski definition) is 14. The molecule has 0 bridgehead atoms. The van der Waals surface area contributed by atoms with Crippen molar-refractivity contribution in [1.29, 1.82) is 0 Å². The number of hydrogen-bond donors (Lipinski definition) is 1. The van der Waals surface area contributed by atoms with Gasteiger partial charge in [0.2, 0.25) is 5.89 Å². The van der Waals surface area contributed by atoms with Crippen LogP contribution in [0.5, 0.6) is 0 Å². The van der Waals surface area contributed by atoms with Crippen LogP contribution in [0.25, 0.3) is 67.0 Å². The maximum absolute atomic E-state index is 14.4. The number of H-pyrrole nitrogens is 1. The van der Waals surface area contributed by atoms with E-state index in [1.54, 1.807) is 121 Å². The molecule has 11 aromatic rings. The first kappa shape index (κ1) is 46.0. The number of nitrogens with one attached hydrogen (secondary N) is 1. The van der Waals surface area contributed by atoms with E-state index in [1.165, 1.54) is 36.4 Å². The third kappa shape index (κ3) is 6.54. The third-order valence-electron chi connectivity index (χ3n) is 14.6. The van der Waals surface area contributed by atoms with Crippen molar-refractivity contribution in [2.75, 3.05) is 19.6 Å². The van der Waals surface area contributed by atoms with Gasteiger partial charge in [0, 0.05) is 27.4 Å². The minimum absolute atomic E-state index is 0.00437. The molecule has 0 unspecified atom stereocenters. The van der Waals surface area contributed by atoms with Crippen molar-refractivity contribution >= 4 is 104 Å². The third-order valence-corrected chi connectivity index (χ3v) is 15.0. The van der Waals surface area contributed by atoms with Crippen LogP contribution in [0.15, 0.2) is 173 Å². The van der Waals surface area contributed by atoms with Gasteiger partial charge in [0.25, 0.3) is 53.1 Å². The van der Waals surface area contributed by atoms with Crippen LogP contribution in [0.2, 0.25) is 5.02 Å². The molecular formula is C60H28ClN9O10. The van der Waals surface area contributed by atoms with E-state index in [-0.39, 0.29) is 79.7 Å². The SMILES string of the molecule is O=C1c2ccc(-c3cccc4c3C(=O)N(c3nnc(-c5ccccc5)o3)C4=O)cc2C(=O)N1c1ccc2[nH]c3ccc(N4C(=O)c5ccc(-c6cccc7c6C(=O)N(c6nnc(-c8ccccc8Cl)o6)C7=O)cc5C4=O)cc3c2c1. The molecule has 0 saturated heterocycles. The molecule has 3 aromatic heterocycles. The zero-order valence-corrected chi connectivity index (χ0v) is 41.4. The van der Waals surface area contributed by atoms with Gasteiger partial charge in [-0.3, -0.25) is 38.4 Å². The van der Waals surface area contributed by atoms with Gasteiger partial charge in [-0.05, 0) is 119 Å². The number of carbonyl (C=O) groups excluding carboxylic acids is 8. The molecule has 4 aliphatic heterocycles. The first-order valence-electron chi connectivity index (χ1n) is 24.5. The van der Waals surface area contributed by atoms with Gasteiger partial charge in [-0.25, -0.2) is 9.80 Å². The van der Waals surface area contributed by atoms with E-state index in [1.807, 2.05) is 6.07 Å². The van der Waals surface area contributed by atoms with Gasteiger partial charge < -0.3 is 13.8 Å². The lowest BCUT2D eigenvalue weighted by atomic mass is 9.94. The number of fused-ring (bicyclic) bond motifs is 7. The molecule has 0 saturated carbocycles. The Morgan fingerprint density at radius 2 is 0.775 bits per heavy atom. The number of aromatic nitrogens is 5. The molecule has 8 amide bonds. The average Bonchev–Trinajstić information content (AvgIpc) is 4.55. The minimum atomic E-state index is -0.731. The highest BCUT2D eigenvalue weighted by Crippen LogP contribution is 2.42. The number of carbonyl (C=O) groups is 8. The van der Waals surface area contributed by atoms with Crippen LogP contribution in [-0.4, -0.2) is 72.6 Å². The monoisotopic (exact) mass is 1070 g/mol. The topological polar surface area (TPSA) is 243 Å². The fourth-order valence-corrected chi connectivity index (χ4v) is 11.1. The summed E-state index contributed by atoms with van der Waals surface area (Å²) in [6.45, 7) is 0. The van der Waals surface area contributed by atoms with Gasteiger partial charge in [-0.1, -0.05) is 88.5 Å². The number of anilines is 4. The maximum Gasteiger partial charge on any atom is 0.332 e. The zero-order chi connectivity index (χ0) is 54.4. The van der Waals surface area contributed by atoms with Crippen molar-refractivity contribution in [3.8, 4) is 45.2 Å². The summed E-state index contributed by atoms with van der Waals surface area (Å²) in [6, 6.07) is 43.7. The number of rotatable bonds is 8. The second kappa shape index (κ2) is 16.8. The Kier molecular flexibility index (Phi) is 9.69. The molecule has 8 aromatic carbocycles. The number of amides is 8. The summed E-state index contributed by atoms with van der Waals surface area (Å²) in [4.78, 5) is 120. The highest BCUT2D eigenvalue weighted by Gasteiger charge is 2.45. The Bertz CT molecular complexity index is 4730. The molecule has 80 heavy (non-hydrogen) atoms. The van der Waals surface area contributed by atoms with E-state index in [4.69, 9.17) is 20.4 Å². The van der Waals surface area contributed by atoms with Gasteiger partial charge >= 0.3 is 12.0 Å². The van der Waals surface area contributed by atoms with E-state index in [0.717, 1.165) is 19.6 Å². The van der Waals surface area contributed by atoms with E-state index in [2.05, 4.69) is 25.4 Å². The molecule has 20 heteroatoms. The summed E-state index contributed by atoms with van der Waals surface area (Å²) in [5.74, 6) is -5.12. The van der Waals surface area contributed by atoms with Crippen LogP contribution in [0.3, 0.4) is 0 Å². The average molecular weight is 1070 g/mol. The Labute approximate surface area is 452 Å². The predicted octanol–water partition coefficient (Wildman–Crippen LogP) is 10.6. The molecule has 1 N–H and O–H groups in total. The largest absolute Gasteiger partial charge is 0.403 e. The molecule has 0 atom stereocenters. The molecule has 15 rings (SSSR count). The van der Waals surface area contributed by atoms with Gasteiger partial charge in [0.15, 0.2) is 0 Å². The van der Waals surface area contributed by atoms with Crippen molar-refractivity contribution in [2.24, 2.45) is 0 Å². The van der Waals surface area contributed by atoms with Crippen molar-refractivity contribution in [2.45, 2.75) is 0 Å². The number of aromatic amines is 1. The molecule has 7 heterocycles. The second-order valence-corrected chi connectivity index (χ2v) is 19.4. The van der Waals surface area contributed by atoms with E-state index in [0.29, 0.717) is 60.2 Å². The molecular weight excluding hydrogens is 1040 g/mol. The van der Waals surface area contributed by atoms with E-state index < -0.39 is 47.3 Å². The molecule has 4 aliphatic rings. The van der Waals surface area contributed by atoms with Crippen LogP contribution in [0.1, 0.15) is 82.9 Å². The Morgan fingerprint density at radius 3 is 1.30 bits per heavy atom. The van der Waals surface area contributed by atoms with Crippen molar-refractivity contribution < 1.29 is 47.2 Å². The van der Waals surface area contributed by atoms with Crippen molar-refractivity contribution in [3.05, 3.63) is 213 Å². The summed E-state index contributed by atoms with van der Waals surface area (Å²) in [6.07, 6.45) is 0. The summed E-state index contributed by atoms with van der Waals surface area (Å²) in [5.41, 5.74) is 4.86. The van der Waals surface area contributed by atoms with Crippen molar-refractivity contribution in [3.63, 3.8) is 0 Å². The smallest absolute Gasteiger partial charge is 0.332 e. The molecule has 19 nitrogen and oxygen atoms in total. The zero-order valence-electron chi connectivity index (χ0n) is 40.6. The number of benzene rings is 8. The molecule has 0 aliphatic carbocycles. The Balaban J connectivity index is 0.706. The quantitative estimate of drug-likeness (QED) is 0.139. The lowest BCUT2D eigenvalue weighted by Crippen LogP contribution is -2.29. The van der Waals surface area contributed by atoms with Crippen LogP contribution >= 0.6 is 11.6 Å². The summed E-state index contributed by atoms with van der Waals surface area (Å²) in [7, 11) is 0. The van der Waals surface area contributed by atoms with Gasteiger partial charge in [-0.2, -0.15) is 9.80 Å². The maximum atomic E-state index is 14.4. The number of halogens is 1. The fraction of sp³-hybridized carbons (Fsp3) is 0. The Morgan fingerprint density at radius 1 is 0.338 bits per heavy atom. The second-order valence-electron chi connectivity index (χ2n) is 19.0. The summed E-state index contributed by atoms with van der Waals surface area (Å²) < 4.78 is 11.6. The van der Waals surface area contributed by atoms with Crippen LogP contribution in [0, 0.1) is 0 Å². The first-order valence-corrected chi connectivity index (χ1v) is 24.9. The minimum Gasteiger partial charge on any atom is -0.403 e. The normalized spacial score (nSPS) is 14.7. The van der Waals surface area contributed by atoms with Crippen LogP contribution in [-0.2, 0) is 0 Å². The number of imide groups is 4. The van der Waals surface area contributed by atoms with Crippen molar-refractivity contribution in [1.82, 2.24) is 25.4 Å². The predicted molar refractivity (Wildman–Crippen MR) is 289 cm³/mol. The first-order chi connectivity index (χ1) is 38.9. The fourth-order valence-electron chi connectivity index (χ4n) is 10.9. The lowest BCUT2D eigenvalue weighted by Gasteiger charge is -2.15. The standard InChI is InChI=1S/C60H28ClN9O10/c61-44-15-5-4-10-37(44)50-64-66-60(80-50)70-54(74)39-14-7-12-34(48(39)58(70)78)30-17-21-36-43(25-30)56(76)68(52(36)72)32-19-23-46-41(27-32)40-26-31(18-22-45(40)62-46)67-51(71)35-20-16-29(24-42(35)55(67)75)33-11-6-13-38-47(33)57(77)69(53(38)73)59-65-63-49(79-59)28-8-2-1-3-9-28/h1-27,62H. The van der Waals surface area contributed by atoms with E-state index >= 15 is 0 Å². The summed E-state index contributed by atoms with van der Waals surface area (Å²) >= 11 is 6.33. The van der Waals surface area contributed by atoms with Gasteiger partial charge in [-0.15, -0.1) is 10.2 Å². The van der Waals surface area contributed by atoms with Gasteiger partial charge in [0.05, 0.1) is 66.5 Å². The van der Waals surface area contributed by atoms with Crippen LogP contribution < -0.4 is 19.6 Å². The molecule has 0 radical (unpaired) electrons.